The van der Waals surface area contributed by atoms with Gasteiger partial charge in [-0.2, -0.15) is 0 Å². The van der Waals surface area contributed by atoms with Crippen molar-refractivity contribution in [1.29, 1.82) is 0 Å². The largest absolute Gasteiger partial charge is 0.114 e. The monoisotopic (exact) mass is 348 g/mol. The van der Waals surface area contributed by atoms with Crippen LogP contribution in [0.15, 0.2) is 4.21 Å². The topological polar surface area (TPSA) is 0 Å². The Kier molecular flexibility index (Phi) is 11.4. The predicted molar refractivity (Wildman–Crippen MR) is 100 cm³/mol. The summed E-state index contributed by atoms with van der Waals surface area (Å²) in [6.07, 6.45) is 14.2. The van der Waals surface area contributed by atoms with Gasteiger partial charge < -0.3 is 0 Å². The van der Waals surface area contributed by atoms with E-state index >= 15 is 0 Å². The molecular weight excluding hydrogens is 320 g/mol. The number of hydrogen-bond acceptors (Lipinski definition) is 4. The molecule has 4 heteroatoms. The summed E-state index contributed by atoms with van der Waals surface area (Å²) < 4.78 is 2.54. The molecule has 1 rings (SSSR count). The molecule has 1 aromatic rings. The van der Waals surface area contributed by atoms with Gasteiger partial charge in [0.15, 0.2) is 0 Å². The zero-order valence-electron chi connectivity index (χ0n) is 12.9. The van der Waals surface area contributed by atoms with E-state index < -0.39 is 0 Å². The van der Waals surface area contributed by atoms with Crippen LogP contribution in [0.1, 0.15) is 76.7 Å². The van der Waals surface area contributed by atoms with Gasteiger partial charge in [0, 0.05) is 5.56 Å². The van der Waals surface area contributed by atoms with E-state index in [4.69, 9.17) is 12.2 Å². The molecule has 0 saturated heterocycles. The van der Waals surface area contributed by atoms with Crippen molar-refractivity contribution in [2.24, 2.45) is 0 Å². The third-order valence-electron chi connectivity index (χ3n) is 3.54. The third-order valence-corrected chi connectivity index (χ3v) is 8.64. The molecular formula is C16H28S4. The number of unbranched alkanes of at least 4 members (excludes halogenated alkanes) is 9. The molecule has 0 nitrogen and oxygen atoms in total. The Labute approximate surface area is 141 Å². The molecule has 1 aromatic heterocycles. The molecule has 0 atom stereocenters. The lowest BCUT2D eigenvalue weighted by Gasteiger charge is -2.02. The molecule has 0 aliphatic rings. The molecule has 20 heavy (non-hydrogen) atoms. The number of rotatable bonds is 12. The Hall–Kier alpha value is 0.620. The maximum Gasteiger partial charge on any atom is 0.105 e. The number of hydrogen-bond donors (Lipinski definition) is 0. The summed E-state index contributed by atoms with van der Waals surface area (Å²) in [6, 6.07) is 0. The molecule has 1 heterocycles. The Morgan fingerprint density at radius 1 is 0.850 bits per heavy atom. The van der Waals surface area contributed by atoms with E-state index in [1.165, 1.54) is 79.7 Å². The lowest BCUT2D eigenvalue weighted by Crippen LogP contribution is -1.84. The van der Waals surface area contributed by atoms with Crippen molar-refractivity contribution in [3.8, 4) is 0 Å². The van der Waals surface area contributed by atoms with E-state index in [2.05, 4.69) is 13.8 Å². The summed E-state index contributed by atoms with van der Waals surface area (Å²) in [4.78, 5) is 0. The Morgan fingerprint density at radius 3 is 1.90 bits per heavy atom. The number of thioether (sulfide) groups is 1. The van der Waals surface area contributed by atoms with E-state index in [0.717, 1.165) is 3.82 Å². The summed E-state index contributed by atoms with van der Waals surface area (Å²) in [5, 5.41) is 0. The highest BCUT2D eigenvalue weighted by molar-refractivity contribution is 8.03. The van der Waals surface area contributed by atoms with Gasteiger partial charge >= 0.3 is 0 Å². The second-order valence-corrected chi connectivity index (χ2v) is 9.58. The molecule has 116 valence electrons. The van der Waals surface area contributed by atoms with Crippen LogP contribution < -0.4 is 0 Å². The molecule has 0 bridgehead atoms. The molecule has 0 aliphatic heterocycles. The summed E-state index contributed by atoms with van der Waals surface area (Å²) in [6.45, 7) is 4.45. The average Bonchev–Trinajstić information content (AvgIpc) is 2.76. The Balaban J connectivity index is 1.88. The Morgan fingerprint density at radius 2 is 1.40 bits per heavy atom. The van der Waals surface area contributed by atoms with Crippen LogP contribution in [-0.4, -0.2) is 5.75 Å². The minimum absolute atomic E-state index is 1.08. The summed E-state index contributed by atoms with van der Waals surface area (Å²) in [5.74, 6) is 1.26. The highest BCUT2D eigenvalue weighted by atomic mass is 32.9. The smallest absolute Gasteiger partial charge is 0.105 e. The van der Waals surface area contributed by atoms with Gasteiger partial charge in [-0.25, -0.2) is 0 Å². The first-order valence-corrected chi connectivity index (χ1v) is 11.5. The predicted octanol–water partition coefficient (Wildman–Crippen LogP) is 7.86. The van der Waals surface area contributed by atoms with Crippen LogP contribution in [0.4, 0.5) is 0 Å². The van der Waals surface area contributed by atoms with E-state index in [0.29, 0.717) is 0 Å². The molecule has 0 spiro atoms. The maximum atomic E-state index is 5.28. The van der Waals surface area contributed by atoms with Gasteiger partial charge in [0.1, 0.15) is 3.82 Å². The highest BCUT2D eigenvalue weighted by Crippen LogP contribution is 2.33. The normalized spacial score (nSPS) is 11.1. The summed E-state index contributed by atoms with van der Waals surface area (Å²) in [5.41, 5.74) is 1.34. The van der Waals surface area contributed by atoms with Crippen molar-refractivity contribution < 1.29 is 0 Å². The van der Waals surface area contributed by atoms with Crippen LogP contribution in [0.2, 0.25) is 0 Å². The lowest BCUT2D eigenvalue weighted by molar-refractivity contribution is 0.563. The zero-order chi connectivity index (χ0) is 14.6. The van der Waals surface area contributed by atoms with E-state index in [1.807, 2.05) is 22.1 Å². The van der Waals surface area contributed by atoms with E-state index in [1.54, 1.807) is 10.3 Å². The van der Waals surface area contributed by atoms with Crippen LogP contribution in [0.25, 0.3) is 0 Å². The van der Waals surface area contributed by atoms with Gasteiger partial charge in [-0.3, -0.25) is 0 Å². The van der Waals surface area contributed by atoms with Gasteiger partial charge in [-0.1, -0.05) is 97.6 Å². The van der Waals surface area contributed by atoms with Crippen molar-refractivity contribution in [2.45, 2.75) is 82.3 Å². The van der Waals surface area contributed by atoms with Crippen molar-refractivity contribution in [3.05, 3.63) is 9.39 Å². The van der Waals surface area contributed by atoms with Gasteiger partial charge in [-0.05, 0) is 19.1 Å². The van der Waals surface area contributed by atoms with Crippen LogP contribution in [-0.2, 0) is 0 Å². The van der Waals surface area contributed by atoms with Crippen molar-refractivity contribution >= 4 is 44.7 Å². The fraction of sp³-hybridized carbons (Fsp3) is 0.812. The zero-order valence-corrected chi connectivity index (χ0v) is 16.2. The van der Waals surface area contributed by atoms with Crippen LogP contribution >= 0.6 is 44.7 Å². The molecule has 0 N–H and O–H groups in total. The van der Waals surface area contributed by atoms with Crippen LogP contribution in [0.3, 0.4) is 0 Å². The van der Waals surface area contributed by atoms with Crippen molar-refractivity contribution in [3.63, 3.8) is 0 Å². The van der Waals surface area contributed by atoms with Crippen LogP contribution in [0.5, 0.6) is 0 Å². The first-order valence-electron chi connectivity index (χ1n) is 7.98. The molecule has 0 radical (unpaired) electrons. The van der Waals surface area contributed by atoms with Crippen molar-refractivity contribution in [2.75, 3.05) is 5.75 Å². The average molecular weight is 349 g/mol. The Bertz CT molecular complexity index is 391. The molecule has 0 aliphatic carbocycles. The van der Waals surface area contributed by atoms with Gasteiger partial charge in [0.05, 0.1) is 4.21 Å². The first kappa shape index (κ1) is 18.7. The van der Waals surface area contributed by atoms with E-state index in [-0.39, 0.29) is 0 Å². The quantitative estimate of drug-likeness (QED) is 0.163. The van der Waals surface area contributed by atoms with Crippen molar-refractivity contribution in [1.82, 2.24) is 0 Å². The molecule has 0 aromatic carbocycles. The fourth-order valence-electron chi connectivity index (χ4n) is 2.17. The van der Waals surface area contributed by atoms with Gasteiger partial charge in [-0.15, -0.1) is 11.8 Å². The summed E-state index contributed by atoms with van der Waals surface area (Å²) >= 11 is 7.28. The molecule has 0 saturated carbocycles. The van der Waals surface area contributed by atoms with Gasteiger partial charge in [0.25, 0.3) is 0 Å². The highest BCUT2D eigenvalue weighted by Gasteiger charge is 2.03. The lowest BCUT2D eigenvalue weighted by atomic mass is 10.1. The third kappa shape index (κ3) is 8.16. The van der Waals surface area contributed by atoms with Gasteiger partial charge in [0.2, 0.25) is 0 Å². The molecule has 0 fully saturated rings. The standard InChI is InChI=1S/C16H28S4/c1-3-4-5-6-7-8-9-10-11-12-13-18-16-14(2)15(17)19-20-16/h3-13H2,1-2H3. The minimum Gasteiger partial charge on any atom is -0.114 e. The summed E-state index contributed by atoms with van der Waals surface area (Å²) in [7, 11) is 3.61. The van der Waals surface area contributed by atoms with Crippen LogP contribution in [0, 0.1) is 10.7 Å². The van der Waals surface area contributed by atoms with E-state index in [9.17, 15) is 0 Å². The second-order valence-electron chi connectivity index (χ2n) is 5.40. The minimum atomic E-state index is 1.08. The maximum absolute atomic E-state index is 5.28. The molecule has 0 unspecified atom stereocenters. The SMILES string of the molecule is CCCCCCCCCCCCSc1ssc(=S)c1C. The first-order chi connectivity index (χ1) is 9.75. The molecule has 0 amide bonds. The fourth-order valence-corrected chi connectivity index (χ4v) is 6.68. The second kappa shape index (κ2) is 12.2.